The molecule has 0 atom stereocenters. The molecule has 3 nitrogen and oxygen atoms in total. The van der Waals surface area contributed by atoms with Crippen molar-refractivity contribution in [2.45, 2.75) is 6.42 Å². The van der Waals surface area contributed by atoms with Gasteiger partial charge in [0.05, 0.1) is 0 Å². The molecule has 2 rings (SSSR count). The minimum atomic E-state index is 0.731. The molecule has 0 aliphatic heterocycles. The molecule has 0 aliphatic rings. The van der Waals surface area contributed by atoms with Gasteiger partial charge < -0.3 is 4.90 Å². The molecule has 0 spiro atoms. The van der Waals surface area contributed by atoms with Crippen molar-refractivity contribution in [3.05, 3.63) is 59.9 Å². The van der Waals surface area contributed by atoms with Crippen molar-refractivity contribution in [3.63, 3.8) is 0 Å². The van der Waals surface area contributed by atoms with Crippen molar-refractivity contribution in [2.24, 2.45) is 0 Å². The predicted molar refractivity (Wildman–Crippen MR) is 73.0 cm³/mol. The summed E-state index contributed by atoms with van der Waals surface area (Å²) >= 11 is 0. The first-order valence-electron chi connectivity index (χ1n) is 5.95. The Kier molecular flexibility index (Phi) is 4.07. The second-order valence-corrected chi connectivity index (χ2v) is 4.20. The highest BCUT2D eigenvalue weighted by atomic mass is 16.1. The lowest BCUT2D eigenvalue weighted by molar-refractivity contribution is 0.112. The van der Waals surface area contributed by atoms with Crippen LogP contribution in [0.1, 0.15) is 15.9 Å². The van der Waals surface area contributed by atoms with Crippen molar-refractivity contribution < 1.29 is 4.79 Å². The molecule has 0 fully saturated rings. The first-order valence-corrected chi connectivity index (χ1v) is 5.95. The van der Waals surface area contributed by atoms with Crippen LogP contribution < -0.4 is 4.90 Å². The number of carbonyl (C=O) groups is 1. The van der Waals surface area contributed by atoms with Gasteiger partial charge in [-0.25, -0.2) is 0 Å². The Hall–Kier alpha value is -2.16. The highest BCUT2D eigenvalue weighted by molar-refractivity contribution is 5.84. The lowest BCUT2D eigenvalue weighted by atomic mass is 10.1. The normalized spacial score (nSPS) is 10.1. The third-order valence-corrected chi connectivity index (χ3v) is 2.96. The fraction of sp³-hybridized carbons (Fsp3) is 0.200. The number of benzene rings is 1. The van der Waals surface area contributed by atoms with E-state index in [0.29, 0.717) is 0 Å². The Morgan fingerprint density at radius 3 is 2.61 bits per heavy atom. The highest BCUT2D eigenvalue weighted by Crippen LogP contribution is 2.17. The summed E-state index contributed by atoms with van der Waals surface area (Å²) in [7, 11) is 2.00. The van der Waals surface area contributed by atoms with Crippen molar-refractivity contribution in [1.29, 1.82) is 0 Å². The van der Waals surface area contributed by atoms with Crippen molar-refractivity contribution in [3.8, 4) is 0 Å². The SMILES string of the molecule is CN(CCc1ccncc1)c1ccccc1C=O. The van der Waals surface area contributed by atoms with Gasteiger partial charge in [0.1, 0.15) is 0 Å². The number of para-hydroxylation sites is 1. The Labute approximate surface area is 107 Å². The van der Waals surface area contributed by atoms with E-state index in [1.165, 1.54) is 5.56 Å². The molecule has 0 amide bonds. The van der Waals surface area contributed by atoms with Crippen LogP contribution in [-0.4, -0.2) is 24.9 Å². The summed E-state index contributed by atoms with van der Waals surface area (Å²) in [6.07, 6.45) is 5.44. The van der Waals surface area contributed by atoms with Gasteiger partial charge in [-0.1, -0.05) is 12.1 Å². The molecule has 1 heterocycles. The van der Waals surface area contributed by atoms with E-state index in [2.05, 4.69) is 9.88 Å². The number of aromatic nitrogens is 1. The second-order valence-electron chi connectivity index (χ2n) is 4.20. The Bertz CT molecular complexity index is 511. The molecule has 2 aromatic rings. The zero-order valence-electron chi connectivity index (χ0n) is 10.4. The number of carbonyl (C=O) groups excluding carboxylic acids is 1. The molecular formula is C15H16N2O. The summed E-state index contributed by atoms with van der Waals surface area (Å²) in [5, 5.41) is 0. The standard InChI is InChI=1S/C15H16N2O/c1-17(11-8-13-6-9-16-10-7-13)15-5-3-2-4-14(15)12-18/h2-7,9-10,12H,8,11H2,1H3. The molecule has 0 radical (unpaired) electrons. The second kappa shape index (κ2) is 5.96. The molecule has 0 unspecified atom stereocenters. The molecular weight excluding hydrogens is 224 g/mol. The number of hydrogen-bond donors (Lipinski definition) is 0. The van der Waals surface area contributed by atoms with Gasteiger partial charge in [0, 0.05) is 37.2 Å². The van der Waals surface area contributed by atoms with Crippen LogP contribution in [0.4, 0.5) is 5.69 Å². The quantitative estimate of drug-likeness (QED) is 0.753. The first-order chi connectivity index (χ1) is 8.81. The molecule has 0 saturated carbocycles. The molecule has 0 saturated heterocycles. The number of anilines is 1. The molecule has 92 valence electrons. The van der Waals surface area contributed by atoms with E-state index in [1.54, 1.807) is 12.4 Å². The third-order valence-electron chi connectivity index (χ3n) is 2.96. The van der Waals surface area contributed by atoms with E-state index < -0.39 is 0 Å². The number of likely N-dealkylation sites (N-methyl/N-ethyl adjacent to an activating group) is 1. The topological polar surface area (TPSA) is 33.2 Å². The van der Waals surface area contributed by atoms with Crippen LogP contribution in [0.3, 0.4) is 0 Å². The van der Waals surface area contributed by atoms with Crippen LogP contribution in [0.5, 0.6) is 0 Å². The maximum Gasteiger partial charge on any atom is 0.152 e. The van der Waals surface area contributed by atoms with Gasteiger partial charge in [-0.3, -0.25) is 9.78 Å². The Morgan fingerprint density at radius 1 is 1.17 bits per heavy atom. The first kappa shape index (κ1) is 12.3. The van der Waals surface area contributed by atoms with Gasteiger partial charge in [0.25, 0.3) is 0 Å². The number of rotatable bonds is 5. The predicted octanol–water partition coefficient (Wildman–Crippen LogP) is 2.57. The van der Waals surface area contributed by atoms with Crippen LogP contribution in [-0.2, 0) is 6.42 Å². The summed E-state index contributed by atoms with van der Waals surface area (Å²) in [5.41, 5.74) is 2.96. The summed E-state index contributed by atoms with van der Waals surface area (Å²) < 4.78 is 0. The lowest BCUT2D eigenvalue weighted by Gasteiger charge is -2.20. The smallest absolute Gasteiger partial charge is 0.152 e. The van der Waals surface area contributed by atoms with Gasteiger partial charge in [0.15, 0.2) is 6.29 Å². The van der Waals surface area contributed by atoms with E-state index in [-0.39, 0.29) is 0 Å². The Balaban J connectivity index is 2.04. The molecule has 0 aliphatic carbocycles. The van der Waals surface area contributed by atoms with Gasteiger partial charge in [-0.2, -0.15) is 0 Å². The monoisotopic (exact) mass is 240 g/mol. The largest absolute Gasteiger partial charge is 0.374 e. The summed E-state index contributed by atoms with van der Waals surface area (Å²) in [5.74, 6) is 0. The van der Waals surface area contributed by atoms with Crippen molar-refractivity contribution in [2.75, 3.05) is 18.5 Å². The average Bonchev–Trinajstić information content (AvgIpc) is 2.45. The van der Waals surface area contributed by atoms with Crippen LogP contribution in [0.2, 0.25) is 0 Å². The van der Waals surface area contributed by atoms with Crippen LogP contribution in [0.15, 0.2) is 48.8 Å². The maximum absolute atomic E-state index is 11.0. The summed E-state index contributed by atoms with van der Waals surface area (Å²) in [6.45, 7) is 0.870. The minimum Gasteiger partial charge on any atom is -0.374 e. The summed E-state index contributed by atoms with van der Waals surface area (Å²) in [6, 6.07) is 11.7. The average molecular weight is 240 g/mol. The van der Waals surface area contributed by atoms with E-state index in [0.717, 1.165) is 30.5 Å². The lowest BCUT2D eigenvalue weighted by Crippen LogP contribution is -2.21. The third kappa shape index (κ3) is 2.94. The van der Waals surface area contributed by atoms with Gasteiger partial charge in [-0.15, -0.1) is 0 Å². The van der Waals surface area contributed by atoms with Crippen molar-refractivity contribution in [1.82, 2.24) is 4.98 Å². The van der Waals surface area contributed by atoms with Crippen LogP contribution in [0.25, 0.3) is 0 Å². The number of nitrogens with zero attached hydrogens (tertiary/aromatic N) is 2. The molecule has 3 heteroatoms. The zero-order valence-corrected chi connectivity index (χ0v) is 10.4. The van der Waals surface area contributed by atoms with E-state index >= 15 is 0 Å². The number of hydrogen-bond acceptors (Lipinski definition) is 3. The molecule has 0 bridgehead atoms. The molecule has 18 heavy (non-hydrogen) atoms. The molecule has 1 aromatic heterocycles. The maximum atomic E-state index is 11.0. The fourth-order valence-corrected chi connectivity index (χ4v) is 1.90. The van der Waals surface area contributed by atoms with Gasteiger partial charge in [-0.05, 0) is 36.2 Å². The fourth-order valence-electron chi connectivity index (χ4n) is 1.90. The van der Waals surface area contributed by atoms with E-state index in [9.17, 15) is 4.79 Å². The van der Waals surface area contributed by atoms with Gasteiger partial charge >= 0.3 is 0 Å². The molecule has 1 aromatic carbocycles. The van der Waals surface area contributed by atoms with Gasteiger partial charge in [0.2, 0.25) is 0 Å². The van der Waals surface area contributed by atoms with Crippen LogP contribution in [0, 0.1) is 0 Å². The molecule has 0 N–H and O–H groups in total. The van der Waals surface area contributed by atoms with Crippen molar-refractivity contribution >= 4 is 12.0 Å². The number of pyridine rings is 1. The number of aldehydes is 1. The van der Waals surface area contributed by atoms with Crippen LogP contribution >= 0.6 is 0 Å². The zero-order chi connectivity index (χ0) is 12.8. The summed E-state index contributed by atoms with van der Waals surface area (Å²) in [4.78, 5) is 17.1. The highest BCUT2D eigenvalue weighted by Gasteiger charge is 2.05. The minimum absolute atomic E-state index is 0.731. The Morgan fingerprint density at radius 2 is 1.89 bits per heavy atom. The van der Waals surface area contributed by atoms with E-state index in [4.69, 9.17) is 0 Å². The van der Waals surface area contributed by atoms with E-state index in [1.807, 2.05) is 43.4 Å².